The lowest BCUT2D eigenvalue weighted by Gasteiger charge is -2.21. The molecule has 3 nitrogen and oxygen atoms in total. The van der Waals surface area contributed by atoms with Gasteiger partial charge in [-0.2, -0.15) is 0 Å². The summed E-state index contributed by atoms with van der Waals surface area (Å²) < 4.78 is 0. The molecule has 1 aliphatic heterocycles. The molecule has 3 heteroatoms. The Hall–Kier alpha value is -0.900. The molecule has 1 aromatic rings. The number of nitrogens with two attached hydrogens (primary N) is 1. The van der Waals surface area contributed by atoms with Crippen LogP contribution in [-0.4, -0.2) is 37.0 Å². The predicted octanol–water partition coefficient (Wildman–Crippen LogP) is 1.58. The number of hydrogen-bond acceptors (Lipinski definition) is 3. The number of hydrogen-bond donors (Lipinski definition) is 1. The highest BCUT2D eigenvalue weighted by molar-refractivity contribution is 5.38. The second-order valence-corrected chi connectivity index (χ2v) is 5.09. The summed E-state index contributed by atoms with van der Waals surface area (Å²) in [5.74, 6) is 0. The molecule has 0 fully saturated rings. The average molecular weight is 233 g/mol. The highest BCUT2D eigenvalue weighted by Gasteiger charge is 2.27. The Morgan fingerprint density at radius 1 is 1.41 bits per heavy atom. The maximum atomic E-state index is 5.91. The van der Waals surface area contributed by atoms with Gasteiger partial charge in [0, 0.05) is 25.7 Å². The fourth-order valence-corrected chi connectivity index (χ4v) is 2.70. The summed E-state index contributed by atoms with van der Waals surface area (Å²) in [6, 6.07) is 7.26. The highest BCUT2D eigenvalue weighted by Crippen LogP contribution is 2.33. The summed E-state index contributed by atoms with van der Waals surface area (Å²) in [4.78, 5) is 4.65. The Bertz CT molecular complexity index is 387. The summed E-state index contributed by atoms with van der Waals surface area (Å²) in [5.41, 5.74) is 10.2. The standard InChI is InChI=1S/C14H23N3/c1-4-17-10-12-6-5-11(9-16(2)3)7-13(12)14(17)8-15/h5-7,14H,4,8-10,15H2,1-3H3. The van der Waals surface area contributed by atoms with Gasteiger partial charge in [0.15, 0.2) is 0 Å². The molecule has 0 aliphatic carbocycles. The zero-order chi connectivity index (χ0) is 12.4. The molecule has 0 saturated heterocycles. The van der Waals surface area contributed by atoms with Gasteiger partial charge in [0.25, 0.3) is 0 Å². The van der Waals surface area contributed by atoms with Crippen molar-refractivity contribution in [3.8, 4) is 0 Å². The van der Waals surface area contributed by atoms with Crippen molar-refractivity contribution in [3.05, 3.63) is 34.9 Å². The topological polar surface area (TPSA) is 32.5 Å². The van der Waals surface area contributed by atoms with Gasteiger partial charge in [0.1, 0.15) is 0 Å². The normalized spacial score (nSPS) is 19.9. The lowest BCUT2D eigenvalue weighted by atomic mass is 10.0. The first kappa shape index (κ1) is 12.6. The summed E-state index contributed by atoms with van der Waals surface area (Å²) in [7, 11) is 4.21. The van der Waals surface area contributed by atoms with Crippen molar-refractivity contribution in [3.63, 3.8) is 0 Å². The predicted molar refractivity (Wildman–Crippen MR) is 71.7 cm³/mol. The first-order valence-corrected chi connectivity index (χ1v) is 6.36. The monoisotopic (exact) mass is 233 g/mol. The van der Waals surface area contributed by atoms with Gasteiger partial charge in [-0.25, -0.2) is 0 Å². The number of fused-ring (bicyclic) bond motifs is 1. The van der Waals surface area contributed by atoms with Gasteiger partial charge in [-0.1, -0.05) is 25.1 Å². The van der Waals surface area contributed by atoms with Crippen LogP contribution < -0.4 is 5.73 Å². The lowest BCUT2D eigenvalue weighted by molar-refractivity contribution is 0.232. The van der Waals surface area contributed by atoms with Crippen LogP contribution in [0.4, 0.5) is 0 Å². The molecule has 0 amide bonds. The van der Waals surface area contributed by atoms with E-state index in [1.807, 2.05) is 0 Å². The van der Waals surface area contributed by atoms with Crippen LogP contribution in [0.5, 0.6) is 0 Å². The van der Waals surface area contributed by atoms with Crippen molar-refractivity contribution in [1.29, 1.82) is 0 Å². The van der Waals surface area contributed by atoms with Crippen molar-refractivity contribution in [2.75, 3.05) is 27.2 Å². The van der Waals surface area contributed by atoms with Gasteiger partial charge in [-0.3, -0.25) is 4.90 Å². The summed E-state index contributed by atoms with van der Waals surface area (Å²) in [5, 5.41) is 0. The van der Waals surface area contributed by atoms with Crippen molar-refractivity contribution >= 4 is 0 Å². The minimum Gasteiger partial charge on any atom is -0.329 e. The van der Waals surface area contributed by atoms with Gasteiger partial charge in [-0.05, 0) is 37.3 Å². The lowest BCUT2D eigenvalue weighted by Crippen LogP contribution is -2.27. The van der Waals surface area contributed by atoms with Gasteiger partial charge in [0.2, 0.25) is 0 Å². The molecule has 0 radical (unpaired) electrons. The van der Waals surface area contributed by atoms with Gasteiger partial charge in [0.05, 0.1) is 0 Å². The van der Waals surface area contributed by atoms with Crippen LogP contribution in [0, 0.1) is 0 Å². The summed E-state index contributed by atoms with van der Waals surface area (Å²) in [6.45, 7) is 6.04. The van der Waals surface area contributed by atoms with E-state index in [2.05, 4.69) is 49.0 Å². The van der Waals surface area contributed by atoms with Crippen LogP contribution in [0.1, 0.15) is 29.7 Å². The molecule has 1 atom stereocenters. The summed E-state index contributed by atoms with van der Waals surface area (Å²) in [6.07, 6.45) is 0. The fraction of sp³-hybridized carbons (Fsp3) is 0.571. The molecule has 94 valence electrons. The van der Waals surface area contributed by atoms with E-state index in [1.54, 1.807) is 0 Å². The maximum absolute atomic E-state index is 5.91. The van der Waals surface area contributed by atoms with Gasteiger partial charge in [-0.15, -0.1) is 0 Å². The molecule has 2 N–H and O–H groups in total. The zero-order valence-corrected chi connectivity index (χ0v) is 11.1. The highest BCUT2D eigenvalue weighted by atomic mass is 15.2. The van der Waals surface area contributed by atoms with E-state index in [-0.39, 0.29) is 0 Å². The molecule has 0 bridgehead atoms. The summed E-state index contributed by atoms with van der Waals surface area (Å²) >= 11 is 0. The van der Waals surface area contributed by atoms with E-state index in [4.69, 9.17) is 5.73 Å². The molecular formula is C14H23N3. The molecule has 1 aliphatic rings. The van der Waals surface area contributed by atoms with Crippen molar-refractivity contribution in [2.24, 2.45) is 5.73 Å². The van der Waals surface area contributed by atoms with E-state index in [0.29, 0.717) is 12.6 Å². The van der Waals surface area contributed by atoms with Crippen LogP contribution in [0.2, 0.25) is 0 Å². The largest absolute Gasteiger partial charge is 0.329 e. The molecule has 1 unspecified atom stereocenters. The van der Waals surface area contributed by atoms with E-state index in [9.17, 15) is 0 Å². The third-order valence-electron chi connectivity index (χ3n) is 3.51. The smallest absolute Gasteiger partial charge is 0.0477 e. The number of nitrogens with zero attached hydrogens (tertiary/aromatic N) is 2. The number of rotatable bonds is 4. The first-order valence-electron chi connectivity index (χ1n) is 6.36. The molecule has 0 spiro atoms. The van der Waals surface area contributed by atoms with Gasteiger partial charge >= 0.3 is 0 Å². The van der Waals surface area contributed by atoms with E-state index in [0.717, 1.165) is 19.6 Å². The molecule has 1 aromatic carbocycles. The minimum absolute atomic E-state index is 0.414. The van der Waals surface area contributed by atoms with Crippen LogP contribution >= 0.6 is 0 Å². The van der Waals surface area contributed by atoms with Crippen molar-refractivity contribution in [1.82, 2.24) is 9.80 Å². The molecule has 0 saturated carbocycles. The Balaban J connectivity index is 2.27. The Morgan fingerprint density at radius 2 is 2.18 bits per heavy atom. The van der Waals surface area contributed by atoms with E-state index >= 15 is 0 Å². The molecular weight excluding hydrogens is 210 g/mol. The van der Waals surface area contributed by atoms with Crippen molar-refractivity contribution in [2.45, 2.75) is 26.1 Å². The van der Waals surface area contributed by atoms with Crippen LogP contribution in [0.25, 0.3) is 0 Å². The second-order valence-electron chi connectivity index (χ2n) is 5.09. The van der Waals surface area contributed by atoms with Crippen LogP contribution in [0.3, 0.4) is 0 Å². The molecule has 17 heavy (non-hydrogen) atoms. The number of likely N-dealkylation sites (N-methyl/N-ethyl adjacent to an activating group) is 1. The SMILES string of the molecule is CCN1Cc2ccc(CN(C)C)cc2C1CN. The fourth-order valence-electron chi connectivity index (χ4n) is 2.70. The average Bonchev–Trinajstić information content (AvgIpc) is 2.65. The third kappa shape index (κ3) is 2.51. The van der Waals surface area contributed by atoms with Crippen LogP contribution in [0.15, 0.2) is 18.2 Å². The van der Waals surface area contributed by atoms with E-state index in [1.165, 1.54) is 16.7 Å². The zero-order valence-electron chi connectivity index (χ0n) is 11.1. The quantitative estimate of drug-likeness (QED) is 0.857. The molecule has 0 aromatic heterocycles. The Morgan fingerprint density at radius 3 is 2.76 bits per heavy atom. The first-order chi connectivity index (χ1) is 8.15. The molecule has 1 heterocycles. The molecule has 2 rings (SSSR count). The van der Waals surface area contributed by atoms with E-state index < -0.39 is 0 Å². The third-order valence-corrected chi connectivity index (χ3v) is 3.51. The van der Waals surface area contributed by atoms with Crippen molar-refractivity contribution < 1.29 is 0 Å². The second kappa shape index (κ2) is 5.17. The Kier molecular flexibility index (Phi) is 3.82. The maximum Gasteiger partial charge on any atom is 0.0477 e. The van der Waals surface area contributed by atoms with Crippen LogP contribution in [-0.2, 0) is 13.1 Å². The van der Waals surface area contributed by atoms with Gasteiger partial charge < -0.3 is 10.6 Å². The minimum atomic E-state index is 0.414. The number of benzene rings is 1. The Labute approximate surface area is 104 Å².